The van der Waals surface area contributed by atoms with Crippen molar-refractivity contribution in [1.82, 2.24) is 9.88 Å². The number of rotatable bonds is 7. The van der Waals surface area contributed by atoms with Crippen LogP contribution in [0.2, 0.25) is 0 Å². The Morgan fingerprint density at radius 1 is 1.14 bits per heavy atom. The van der Waals surface area contributed by atoms with Gasteiger partial charge < -0.3 is 9.64 Å². The molecule has 1 saturated heterocycles. The van der Waals surface area contributed by atoms with Gasteiger partial charge in [0.05, 0.1) is 6.61 Å². The van der Waals surface area contributed by atoms with E-state index in [0.717, 1.165) is 63.1 Å². The molecule has 3 aliphatic rings. The number of ketones is 1. The van der Waals surface area contributed by atoms with Gasteiger partial charge in [0, 0.05) is 57.2 Å². The molecule has 1 aromatic heterocycles. The second-order valence-electron chi connectivity index (χ2n) is 8.81. The molecule has 5 heteroatoms. The number of carbonyl (C=O) groups is 1. The van der Waals surface area contributed by atoms with Gasteiger partial charge >= 0.3 is 0 Å². The zero-order valence-corrected chi connectivity index (χ0v) is 17.4. The van der Waals surface area contributed by atoms with Crippen LogP contribution in [-0.2, 0) is 11.2 Å². The fraction of sp³-hybridized carbons (Fsp3) is 0.739. The Kier molecular flexibility index (Phi) is 6.50. The van der Waals surface area contributed by atoms with E-state index in [1.807, 2.05) is 19.2 Å². The number of hydrogen-bond donors (Lipinski definition) is 0. The summed E-state index contributed by atoms with van der Waals surface area (Å²) in [5, 5.41) is 0. The maximum atomic E-state index is 11.7. The van der Waals surface area contributed by atoms with Crippen molar-refractivity contribution in [3.63, 3.8) is 0 Å². The van der Waals surface area contributed by atoms with Crippen LogP contribution in [0.3, 0.4) is 0 Å². The zero-order valence-electron chi connectivity index (χ0n) is 17.4. The van der Waals surface area contributed by atoms with Gasteiger partial charge in [0.25, 0.3) is 0 Å². The third-order valence-electron chi connectivity index (χ3n) is 7.00. The SMILES string of the molecule is CCC(=O)CC1CCC(CCN2CCN(c3nccc4c3CCO4)CC2)CC1. The summed E-state index contributed by atoms with van der Waals surface area (Å²) in [7, 11) is 0. The van der Waals surface area contributed by atoms with Gasteiger partial charge in [0.2, 0.25) is 0 Å². The highest BCUT2D eigenvalue weighted by atomic mass is 16.5. The average molecular weight is 386 g/mol. The van der Waals surface area contributed by atoms with Crippen LogP contribution in [0.1, 0.15) is 57.4 Å². The van der Waals surface area contributed by atoms with E-state index in [2.05, 4.69) is 14.8 Å². The minimum absolute atomic E-state index is 0.450. The van der Waals surface area contributed by atoms with Crippen molar-refractivity contribution in [2.75, 3.05) is 44.2 Å². The van der Waals surface area contributed by atoms with Crippen LogP contribution in [0.4, 0.5) is 5.82 Å². The second kappa shape index (κ2) is 9.25. The fourth-order valence-corrected chi connectivity index (χ4v) is 5.11. The summed E-state index contributed by atoms with van der Waals surface area (Å²) in [5.41, 5.74) is 1.30. The molecule has 0 bridgehead atoms. The molecule has 0 radical (unpaired) electrons. The van der Waals surface area contributed by atoms with E-state index in [4.69, 9.17) is 4.74 Å². The van der Waals surface area contributed by atoms with Crippen molar-refractivity contribution in [2.45, 2.75) is 58.3 Å². The molecule has 2 aliphatic heterocycles. The first-order chi connectivity index (χ1) is 13.7. The summed E-state index contributed by atoms with van der Waals surface area (Å²) >= 11 is 0. The summed E-state index contributed by atoms with van der Waals surface area (Å²) in [4.78, 5) is 21.4. The highest BCUT2D eigenvalue weighted by molar-refractivity contribution is 5.78. The predicted octanol–water partition coefficient (Wildman–Crippen LogP) is 3.70. The Hall–Kier alpha value is -1.62. The first-order valence-electron chi connectivity index (χ1n) is 11.3. The van der Waals surface area contributed by atoms with Gasteiger partial charge in [-0.15, -0.1) is 0 Å². The normalized spacial score (nSPS) is 25.4. The van der Waals surface area contributed by atoms with Crippen LogP contribution in [0.15, 0.2) is 12.3 Å². The molecule has 2 fully saturated rings. The average Bonchev–Trinajstić information content (AvgIpc) is 3.22. The van der Waals surface area contributed by atoms with Crippen molar-refractivity contribution in [3.05, 3.63) is 17.8 Å². The fourth-order valence-electron chi connectivity index (χ4n) is 5.11. The molecule has 0 aromatic carbocycles. The minimum atomic E-state index is 0.450. The van der Waals surface area contributed by atoms with Gasteiger partial charge in [0.15, 0.2) is 0 Å². The van der Waals surface area contributed by atoms with E-state index in [1.54, 1.807) is 0 Å². The number of nitrogens with zero attached hydrogens (tertiary/aromatic N) is 3. The molecule has 3 heterocycles. The van der Waals surface area contributed by atoms with E-state index in [-0.39, 0.29) is 0 Å². The summed E-state index contributed by atoms with van der Waals surface area (Å²) in [6, 6.07) is 2.00. The number of fused-ring (bicyclic) bond motifs is 1. The van der Waals surface area contributed by atoms with E-state index in [1.165, 1.54) is 44.2 Å². The molecule has 0 spiro atoms. The highest BCUT2D eigenvalue weighted by Crippen LogP contribution is 2.34. The van der Waals surface area contributed by atoms with Crippen molar-refractivity contribution >= 4 is 11.6 Å². The molecular formula is C23H35N3O2. The van der Waals surface area contributed by atoms with Gasteiger partial charge in [0.1, 0.15) is 17.4 Å². The van der Waals surface area contributed by atoms with Crippen LogP contribution < -0.4 is 9.64 Å². The Bertz CT molecular complexity index is 662. The third-order valence-corrected chi connectivity index (χ3v) is 7.00. The number of ether oxygens (including phenoxy) is 1. The van der Waals surface area contributed by atoms with E-state index in [9.17, 15) is 4.79 Å². The number of hydrogen-bond acceptors (Lipinski definition) is 5. The highest BCUT2D eigenvalue weighted by Gasteiger charge is 2.26. The van der Waals surface area contributed by atoms with Crippen LogP contribution in [0.5, 0.6) is 5.75 Å². The first-order valence-corrected chi connectivity index (χ1v) is 11.3. The largest absolute Gasteiger partial charge is 0.493 e. The lowest BCUT2D eigenvalue weighted by Gasteiger charge is -2.37. The lowest BCUT2D eigenvalue weighted by Crippen LogP contribution is -2.47. The lowest BCUT2D eigenvalue weighted by molar-refractivity contribution is -0.119. The van der Waals surface area contributed by atoms with Gasteiger partial charge in [-0.2, -0.15) is 0 Å². The summed E-state index contributed by atoms with van der Waals surface area (Å²) in [6.07, 6.45) is 10.9. The van der Waals surface area contributed by atoms with Crippen LogP contribution >= 0.6 is 0 Å². The maximum Gasteiger partial charge on any atom is 0.135 e. The Labute approximate surface area is 169 Å². The molecule has 0 N–H and O–H groups in total. The Balaban J connectivity index is 1.18. The number of pyridine rings is 1. The van der Waals surface area contributed by atoms with Crippen LogP contribution in [-0.4, -0.2) is 55.0 Å². The number of carbonyl (C=O) groups excluding carboxylic acids is 1. The second-order valence-corrected chi connectivity index (χ2v) is 8.81. The number of piperazine rings is 1. The van der Waals surface area contributed by atoms with Crippen molar-refractivity contribution in [2.24, 2.45) is 11.8 Å². The summed E-state index contributed by atoms with van der Waals surface area (Å²) < 4.78 is 5.70. The molecule has 28 heavy (non-hydrogen) atoms. The maximum absolute atomic E-state index is 11.7. The number of anilines is 1. The number of aromatic nitrogens is 1. The molecule has 0 atom stereocenters. The van der Waals surface area contributed by atoms with Gasteiger partial charge in [-0.1, -0.05) is 19.8 Å². The first kappa shape index (κ1) is 19.7. The topological polar surface area (TPSA) is 45.7 Å². The van der Waals surface area contributed by atoms with Gasteiger partial charge in [-0.3, -0.25) is 9.69 Å². The van der Waals surface area contributed by atoms with Gasteiger partial charge in [-0.25, -0.2) is 4.98 Å². The van der Waals surface area contributed by atoms with Crippen molar-refractivity contribution in [1.29, 1.82) is 0 Å². The summed E-state index contributed by atoms with van der Waals surface area (Å²) in [6.45, 7) is 8.40. The van der Waals surface area contributed by atoms with Crippen molar-refractivity contribution in [3.8, 4) is 5.75 Å². The molecule has 5 nitrogen and oxygen atoms in total. The Morgan fingerprint density at radius 2 is 1.89 bits per heavy atom. The smallest absolute Gasteiger partial charge is 0.135 e. The van der Waals surface area contributed by atoms with E-state index in [0.29, 0.717) is 18.1 Å². The van der Waals surface area contributed by atoms with Crippen LogP contribution in [0.25, 0.3) is 0 Å². The van der Waals surface area contributed by atoms with Gasteiger partial charge in [-0.05, 0) is 43.7 Å². The molecule has 1 aromatic rings. The molecular weight excluding hydrogens is 350 g/mol. The molecule has 4 rings (SSSR count). The predicted molar refractivity (Wildman–Crippen MR) is 112 cm³/mol. The monoisotopic (exact) mass is 385 g/mol. The quantitative estimate of drug-likeness (QED) is 0.716. The lowest BCUT2D eigenvalue weighted by atomic mass is 9.78. The zero-order chi connectivity index (χ0) is 19.3. The Morgan fingerprint density at radius 3 is 2.64 bits per heavy atom. The minimum Gasteiger partial charge on any atom is -0.493 e. The molecule has 1 aliphatic carbocycles. The van der Waals surface area contributed by atoms with E-state index >= 15 is 0 Å². The standard InChI is InChI=1S/C23H35N3O2/c1-2-20(27)17-19-5-3-18(4-6-19)8-11-25-12-14-26(15-13-25)23-21-9-16-28-22(21)7-10-24-23/h7,10,18-19H,2-6,8-9,11-17H2,1H3. The summed E-state index contributed by atoms with van der Waals surface area (Å²) in [5.74, 6) is 4.16. The van der Waals surface area contributed by atoms with Crippen molar-refractivity contribution < 1.29 is 9.53 Å². The molecule has 154 valence electrons. The van der Waals surface area contributed by atoms with Crippen LogP contribution in [0, 0.1) is 11.8 Å². The van der Waals surface area contributed by atoms with E-state index < -0.39 is 0 Å². The molecule has 0 amide bonds. The molecule has 1 saturated carbocycles. The molecule has 0 unspecified atom stereocenters. The number of Topliss-reactive ketones (excluding diaryl/α,β-unsaturated/α-hetero) is 1. The third kappa shape index (κ3) is 4.68.